The molecule has 3 fully saturated rings. The van der Waals surface area contributed by atoms with Crippen molar-refractivity contribution < 1.29 is 4.79 Å². The fourth-order valence-corrected chi connectivity index (χ4v) is 5.31. The molecule has 3 rings (SSSR count). The van der Waals surface area contributed by atoms with Gasteiger partial charge < -0.3 is 9.80 Å². The molecule has 0 unspecified atom stereocenters. The van der Waals surface area contributed by atoms with Crippen molar-refractivity contribution in [1.29, 1.82) is 0 Å². The molecule has 1 amide bonds. The number of rotatable bonds is 6. The van der Waals surface area contributed by atoms with Crippen molar-refractivity contribution in [2.24, 2.45) is 17.8 Å². The molecule has 0 aromatic carbocycles. The highest BCUT2D eigenvalue weighted by atomic mass is 16.2. The number of carbonyl (C=O) groups excluding carboxylic acids is 1. The number of hydrogen-bond donors (Lipinski definition) is 0. The van der Waals surface area contributed by atoms with Gasteiger partial charge in [0.1, 0.15) is 0 Å². The molecule has 1 saturated carbocycles. The molecule has 1 aliphatic carbocycles. The Morgan fingerprint density at radius 2 is 1.52 bits per heavy atom. The average molecular weight is 378 g/mol. The Balaban J connectivity index is 1.28. The van der Waals surface area contributed by atoms with Gasteiger partial charge in [-0.2, -0.15) is 0 Å². The number of likely N-dealkylation sites (tertiary alicyclic amines) is 1. The molecule has 4 nitrogen and oxygen atoms in total. The quantitative estimate of drug-likeness (QED) is 0.703. The Labute approximate surface area is 167 Å². The van der Waals surface area contributed by atoms with Gasteiger partial charge in [-0.05, 0) is 83.6 Å². The second-order valence-electron chi connectivity index (χ2n) is 9.84. The van der Waals surface area contributed by atoms with Crippen LogP contribution in [0.15, 0.2) is 0 Å². The summed E-state index contributed by atoms with van der Waals surface area (Å²) in [5.74, 6) is 2.48. The van der Waals surface area contributed by atoms with Crippen LogP contribution >= 0.6 is 0 Å². The van der Waals surface area contributed by atoms with Crippen molar-refractivity contribution in [2.45, 2.75) is 78.2 Å². The molecule has 27 heavy (non-hydrogen) atoms. The zero-order chi connectivity index (χ0) is 19.2. The summed E-state index contributed by atoms with van der Waals surface area (Å²) in [5, 5.41) is 0. The lowest BCUT2D eigenvalue weighted by Crippen LogP contribution is -2.49. The molecule has 0 atom stereocenters. The predicted octanol–water partition coefficient (Wildman–Crippen LogP) is 3.86. The molecule has 3 aliphatic rings. The van der Waals surface area contributed by atoms with E-state index in [0.717, 1.165) is 37.8 Å². The minimum atomic E-state index is 0.335. The van der Waals surface area contributed by atoms with E-state index in [1.807, 2.05) is 0 Å². The van der Waals surface area contributed by atoms with Crippen molar-refractivity contribution in [2.75, 3.05) is 45.8 Å². The van der Waals surface area contributed by atoms with E-state index in [1.165, 1.54) is 71.2 Å². The summed E-state index contributed by atoms with van der Waals surface area (Å²) in [7, 11) is 0. The highest BCUT2D eigenvalue weighted by Gasteiger charge is 2.30. The fraction of sp³-hybridized carbons (Fsp3) is 0.957. The molecule has 2 heterocycles. The number of carbonyl (C=O) groups is 1. The maximum absolute atomic E-state index is 12.8. The van der Waals surface area contributed by atoms with E-state index in [1.54, 1.807) is 0 Å². The Hall–Kier alpha value is -0.610. The summed E-state index contributed by atoms with van der Waals surface area (Å²) < 4.78 is 0. The summed E-state index contributed by atoms with van der Waals surface area (Å²) in [5.41, 5.74) is 0. The van der Waals surface area contributed by atoms with Crippen LogP contribution in [0, 0.1) is 17.8 Å². The van der Waals surface area contributed by atoms with Crippen LogP contribution in [0.25, 0.3) is 0 Å². The van der Waals surface area contributed by atoms with E-state index in [9.17, 15) is 4.79 Å². The number of nitrogens with zero attached hydrogens (tertiary/aromatic N) is 3. The second kappa shape index (κ2) is 10.2. The molecule has 0 radical (unpaired) electrons. The van der Waals surface area contributed by atoms with Crippen LogP contribution in [0.3, 0.4) is 0 Å². The van der Waals surface area contributed by atoms with Gasteiger partial charge in [-0.3, -0.25) is 9.69 Å². The maximum atomic E-state index is 12.8. The first-order valence-corrected chi connectivity index (χ1v) is 11.8. The summed E-state index contributed by atoms with van der Waals surface area (Å²) in [6.45, 7) is 15.2. The maximum Gasteiger partial charge on any atom is 0.225 e. The van der Waals surface area contributed by atoms with Crippen LogP contribution in [0.4, 0.5) is 0 Å². The van der Waals surface area contributed by atoms with Crippen LogP contribution in [-0.4, -0.2) is 72.5 Å². The van der Waals surface area contributed by atoms with Gasteiger partial charge in [0.15, 0.2) is 0 Å². The SMILES string of the molecule is CC1CCC(C(=O)N2CCC(CCCN3CCN(C(C)C)CC3)CC2)CC1. The normalized spacial score (nSPS) is 29.4. The molecule has 4 heteroatoms. The molecule has 0 bridgehead atoms. The van der Waals surface area contributed by atoms with Crippen LogP contribution in [0.1, 0.15) is 72.1 Å². The first kappa shape index (κ1) is 21.1. The highest BCUT2D eigenvalue weighted by molar-refractivity contribution is 5.79. The average Bonchev–Trinajstić information content (AvgIpc) is 2.69. The van der Waals surface area contributed by atoms with Gasteiger partial charge in [0.2, 0.25) is 5.91 Å². The van der Waals surface area contributed by atoms with E-state index >= 15 is 0 Å². The summed E-state index contributed by atoms with van der Waals surface area (Å²) in [6.07, 6.45) is 9.91. The Bertz CT molecular complexity index is 443. The van der Waals surface area contributed by atoms with E-state index in [-0.39, 0.29) is 0 Å². The van der Waals surface area contributed by atoms with Gasteiger partial charge in [-0.15, -0.1) is 0 Å². The van der Waals surface area contributed by atoms with E-state index in [4.69, 9.17) is 0 Å². The zero-order valence-corrected chi connectivity index (χ0v) is 18.2. The minimum absolute atomic E-state index is 0.335. The third kappa shape index (κ3) is 6.19. The molecule has 0 aromatic heterocycles. The van der Waals surface area contributed by atoms with Gasteiger partial charge in [0, 0.05) is 51.2 Å². The lowest BCUT2D eigenvalue weighted by atomic mass is 9.82. The number of hydrogen-bond acceptors (Lipinski definition) is 3. The van der Waals surface area contributed by atoms with Gasteiger partial charge in [-0.25, -0.2) is 0 Å². The fourth-order valence-electron chi connectivity index (χ4n) is 5.31. The van der Waals surface area contributed by atoms with Crippen molar-refractivity contribution in [3.05, 3.63) is 0 Å². The number of piperidine rings is 1. The molecule has 2 aliphatic heterocycles. The summed E-state index contributed by atoms with van der Waals surface area (Å²) >= 11 is 0. The molecule has 2 saturated heterocycles. The van der Waals surface area contributed by atoms with E-state index in [0.29, 0.717) is 17.9 Å². The van der Waals surface area contributed by atoms with Gasteiger partial charge in [-0.1, -0.05) is 6.92 Å². The number of amides is 1. The van der Waals surface area contributed by atoms with Crippen molar-refractivity contribution in [3.63, 3.8) is 0 Å². The van der Waals surface area contributed by atoms with Crippen molar-refractivity contribution >= 4 is 5.91 Å². The highest BCUT2D eigenvalue weighted by Crippen LogP contribution is 2.31. The lowest BCUT2D eigenvalue weighted by molar-refractivity contribution is -0.138. The Kier molecular flexibility index (Phi) is 8.01. The zero-order valence-electron chi connectivity index (χ0n) is 18.2. The summed E-state index contributed by atoms with van der Waals surface area (Å²) in [4.78, 5) is 20.2. The number of piperazine rings is 1. The Morgan fingerprint density at radius 3 is 2.11 bits per heavy atom. The molecule has 0 N–H and O–H groups in total. The molecule has 156 valence electrons. The molecule has 0 aromatic rings. The van der Waals surface area contributed by atoms with Crippen molar-refractivity contribution in [1.82, 2.24) is 14.7 Å². The molecule has 0 spiro atoms. The van der Waals surface area contributed by atoms with Gasteiger partial charge in [0.25, 0.3) is 0 Å². The van der Waals surface area contributed by atoms with Crippen LogP contribution in [-0.2, 0) is 4.79 Å². The van der Waals surface area contributed by atoms with Crippen molar-refractivity contribution in [3.8, 4) is 0 Å². The first-order valence-electron chi connectivity index (χ1n) is 11.8. The van der Waals surface area contributed by atoms with E-state index in [2.05, 4.69) is 35.5 Å². The van der Waals surface area contributed by atoms with Crippen LogP contribution < -0.4 is 0 Å². The second-order valence-corrected chi connectivity index (χ2v) is 9.84. The smallest absolute Gasteiger partial charge is 0.225 e. The van der Waals surface area contributed by atoms with Crippen LogP contribution in [0.2, 0.25) is 0 Å². The standard InChI is InChI=1S/C23H43N3O/c1-19(2)25-17-15-24(16-18-25)12-4-5-21-10-13-26(14-11-21)23(27)22-8-6-20(3)7-9-22/h19-22H,4-18H2,1-3H3. The third-order valence-corrected chi connectivity index (χ3v) is 7.52. The van der Waals surface area contributed by atoms with E-state index < -0.39 is 0 Å². The molecular weight excluding hydrogens is 334 g/mol. The minimum Gasteiger partial charge on any atom is -0.342 e. The predicted molar refractivity (Wildman–Crippen MR) is 113 cm³/mol. The van der Waals surface area contributed by atoms with Gasteiger partial charge in [0.05, 0.1) is 0 Å². The van der Waals surface area contributed by atoms with Gasteiger partial charge >= 0.3 is 0 Å². The van der Waals surface area contributed by atoms with Crippen LogP contribution in [0.5, 0.6) is 0 Å². The monoisotopic (exact) mass is 377 g/mol. The topological polar surface area (TPSA) is 26.8 Å². The largest absolute Gasteiger partial charge is 0.342 e. The summed E-state index contributed by atoms with van der Waals surface area (Å²) in [6, 6.07) is 0.692. The Morgan fingerprint density at radius 1 is 0.889 bits per heavy atom. The third-order valence-electron chi connectivity index (χ3n) is 7.52. The first-order chi connectivity index (χ1) is 13.0. The molecular formula is C23H43N3O. The lowest BCUT2D eigenvalue weighted by Gasteiger charge is -2.38.